The van der Waals surface area contributed by atoms with Gasteiger partial charge in [0.15, 0.2) is 5.78 Å². The summed E-state index contributed by atoms with van der Waals surface area (Å²) < 4.78 is 0. The van der Waals surface area contributed by atoms with E-state index in [1.54, 1.807) is 0 Å². The largest absolute Gasteiger partial charge is 0.511 e. The topological polar surface area (TPSA) is 74.6 Å². The van der Waals surface area contributed by atoms with Crippen LogP contribution in [0.2, 0.25) is 0 Å². The van der Waals surface area contributed by atoms with Gasteiger partial charge in [0, 0.05) is 17.4 Å². The lowest BCUT2D eigenvalue weighted by Gasteiger charge is -2.65. The molecule has 0 spiro atoms. The van der Waals surface area contributed by atoms with Gasteiger partial charge in [-0.3, -0.25) is 4.79 Å². The van der Waals surface area contributed by atoms with Crippen LogP contribution >= 0.6 is 0 Å². The average molecular weight is 499 g/mol. The van der Waals surface area contributed by atoms with Gasteiger partial charge in [-0.15, -0.1) is 0 Å². The van der Waals surface area contributed by atoms with Gasteiger partial charge in [-0.25, -0.2) is 0 Å². The molecule has 2 rings (SSSR count). The third-order valence-electron chi connectivity index (χ3n) is 8.99. The molecule has 0 aromatic carbocycles. The second-order valence-electron chi connectivity index (χ2n) is 12.8. The van der Waals surface area contributed by atoms with Crippen molar-refractivity contribution in [1.29, 1.82) is 0 Å². The number of aliphatic hydroxyl groups is 2. The Bertz CT molecular complexity index is 953. The summed E-state index contributed by atoms with van der Waals surface area (Å²) in [7, 11) is 0. The Morgan fingerprint density at radius 2 is 1.61 bits per heavy atom. The number of carbonyl (C=O) groups excluding carboxylic acids is 2. The Morgan fingerprint density at radius 1 is 1.03 bits per heavy atom. The molecule has 36 heavy (non-hydrogen) atoms. The molecular formula is C32H50O4. The van der Waals surface area contributed by atoms with Crippen LogP contribution in [0.4, 0.5) is 0 Å². The second-order valence-corrected chi connectivity index (χ2v) is 12.8. The van der Waals surface area contributed by atoms with E-state index in [4.69, 9.17) is 0 Å². The van der Waals surface area contributed by atoms with E-state index in [0.29, 0.717) is 44.1 Å². The number of rotatable bonds is 11. The van der Waals surface area contributed by atoms with E-state index in [1.165, 1.54) is 5.57 Å². The van der Waals surface area contributed by atoms with Crippen LogP contribution in [0.3, 0.4) is 0 Å². The predicted octanol–water partition coefficient (Wildman–Crippen LogP) is 7.84. The van der Waals surface area contributed by atoms with Crippen molar-refractivity contribution in [3.8, 4) is 0 Å². The number of aliphatic hydroxyl groups excluding tert-OH is 2. The lowest BCUT2D eigenvalue weighted by atomic mass is 9.38. The summed E-state index contributed by atoms with van der Waals surface area (Å²) in [6.45, 7) is 18.3. The maximum absolute atomic E-state index is 14.6. The Balaban J connectivity index is 2.94. The molecule has 2 aliphatic carbocycles. The van der Waals surface area contributed by atoms with E-state index >= 15 is 0 Å². The van der Waals surface area contributed by atoms with Crippen LogP contribution in [0.5, 0.6) is 0 Å². The minimum Gasteiger partial charge on any atom is -0.511 e. The summed E-state index contributed by atoms with van der Waals surface area (Å²) in [6, 6.07) is 0. The molecule has 0 aromatic rings. The molecule has 4 nitrogen and oxygen atoms in total. The fourth-order valence-electron chi connectivity index (χ4n) is 6.93. The second kappa shape index (κ2) is 11.6. The molecule has 2 aliphatic rings. The standard InChI is InChI=1S/C32H50O4/c1-21(2)11-10-16-30(9)25(15-18-33)19-31(17-14-23(5)6)20-32(30,27(34)24(7)8)29(36)26(28(31)35)13-12-22(3)4/h11-12,14,18,24-25,27,34-35H,10,13,15-17,19-20H2,1-9H3/t25-,27?,30+,31-,32-/m0/s1. The zero-order valence-electron chi connectivity index (χ0n) is 24.2. The first-order chi connectivity index (χ1) is 16.7. The van der Waals surface area contributed by atoms with Crippen LogP contribution in [-0.4, -0.2) is 28.4 Å². The van der Waals surface area contributed by atoms with Crippen molar-refractivity contribution in [2.24, 2.45) is 28.1 Å². The number of hydrogen-bond donors (Lipinski definition) is 2. The fourth-order valence-corrected chi connectivity index (χ4v) is 6.93. The van der Waals surface area contributed by atoms with Crippen molar-refractivity contribution in [3.63, 3.8) is 0 Å². The number of Topliss-reactive ketones (excluding diaryl/α,β-unsaturated/α-hetero) is 1. The van der Waals surface area contributed by atoms with Gasteiger partial charge in [-0.05, 0) is 97.3 Å². The van der Waals surface area contributed by atoms with Crippen LogP contribution in [0.1, 0.15) is 107 Å². The fraction of sp³-hybridized carbons (Fsp3) is 0.688. The van der Waals surface area contributed by atoms with Crippen LogP contribution in [0, 0.1) is 28.1 Å². The van der Waals surface area contributed by atoms with E-state index in [2.05, 4.69) is 32.9 Å². The molecule has 202 valence electrons. The number of carbonyl (C=O) groups is 2. The molecule has 2 bridgehead atoms. The van der Waals surface area contributed by atoms with Crippen molar-refractivity contribution in [2.45, 2.75) is 113 Å². The summed E-state index contributed by atoms with van der Waals surface area (Å²) in [5.74, 6) is -0.208. The molecule has 4 heteroatoms. The van der Waals surface area contributed by atoms with Crippen LogP contribution < -0.4 is 0 Å². The highest BCUT2D eigenvalue weighted by atomic mass is 16.3. The molecular weight excluding hydrogens is 448 g/mol. The molecule has 1 unspecified atom stereocenters. The minimum absolute atomic E-state index is 0.121. The van der Waals surface area contributed by atoms with Gasteiger partial charge in [0.05, 0.1) is 11.5 Å². The minimum atomic E-state index is -1.07. The lowest BCUT2D eigenvalue weighted by Crippen LogP contribution is -2.66. The third kappa shape index (κ3) is 5.49. The van der Waals surface area contributed by atoms with Crippen molar-refractivity contribution < 1.29 is 19.8 Å². The highest BCUT2D eigenvalue weighted by Crippen LogP contribution is 2.70. The van der Waals surface area contributed by atoms with Crippen molar-refractivity contribution in [3.05, 3.63) is 46.3 Å². The Kier molecular flexibility index (Phi) is 9.78. The Labute approximate surface area is 219 Å². The van der Waals surface area contributed by atoms with Gasteiger partial charge in [-0.1, -0.05) is 55.7 Å². The van der Waals surface area contributed by atoms with Crippen molar-refractivity contribution in [2.75, 3.05) is 0 Å². The zero-order valence-corrected chi connectivity index (χ0v) is 24.2. The van der Waals surface area contributed by atoms with Gasteiger partial charge in [0.25, 0.3) is 0 Å². The molecule has 0 aromatic heterocycles. The van der Waals surface area contributed by atoms with Gasteiger partial charge in [0.2, 0.25) is 0 Å². The summed E-state index contributed by atoms with van der Waals surface area (Å²) >= 11 is 0. The summed E-state index contributed by atoms with van der Waals surface area (Å²) in [5.41, 5.74) is 1.56. The molecule has 2 N–H and O–H groups in total. The Hall–Kier alpha value is -1.94. The van der Waals surface area contributed by atoms with Gasteiger partial charge < -0.3 is 15.0 Å². The van der Waals surface area contributed by atoms with E-state index in [1.807, 2.05) is 47.6 Å². The Morgan fingerprint density at radius 3 is 2.11 bits per heavy atom. The number of ketones is 1. The molecule has 0 amide bonds. The average Bonchev–Trinajstić information content (AvgIpc) is 2.78. The van der Waals surface area contributed by atoms with Crippen LogP contribution in [-0.2, 0) is 9.59 Å². The van der Waals surface area contributed by atoms with Crippen LogP contribution in [0.15, 0.2) is 46.3 Å². The SMILES string of the molecule is CC(C)=CCC[C@]1(C)[C@@H](CC=O)C[C@@]2(CC=C(C)C)C[C@]1(C(O)C(C)C)C(=O)C(CC=C(C)C)=C2O. The molecule has 1 fully saturated rings. The molecule has 0 heterocycles. The zero-order chi connectivity index (χ0) is 27.5. The molecule has 0 aliphatic heterocycles. The first-order valence-electron chi connectivity index (χ1n) is 13.7. The maximum atomic E-state index is 14.6. The van der Waals surface area contributed by atoms with E-state index in [0.717, 1.165) is 23.9 Å². The smallest absolute Gasteiger partial charge is 0.171 e. The number of hydrogen-bond acceptors (Lipinski definition) is 4. The molecule has 0 saturated heterocycles. The summed E-state index contributed by atoms with van der Waals surface area (Å²) in [5, 5.41) is 23.8. The first kappa shape index (κ1) is 30.3. The number of aldehydes is 1. The highest BCUT2D eigenvalue weighted by molar-refractivity contribution is 6.03. The van der Waals surface area contributed by atoms with Crippen molar-refractivity contribution >= 4 is 12.1 Å². The highest BCUT2D eigenvalue weighted by Gasteiger charge is 2.70. The lowest BCUT2D eigenvalue weighted by molar-refractivity contribution is -0.193. The van der Waals surface area contributed by atoms with E-state index < -0.39 is 22.3 Å². The molecule has 5 atom stereocenters. The number of allylic oxidation sites excluding steroid dienone is 8. The maximum Gasteiger partial charge on any atom is 0.171 e. The van der Waals surface area contributed by atoms with E-state index in [-0.39, 0.29) is 23.4 Å². The quantitative estimate of drug-likeness (QED) is 0.225. The van der Waals surface area contributed by atoms with E-state index in [9.17, 15) is 19.8 Å². The normalized spacial score (nSPS) is 30.6. The predicted molar refractivity (Wildman–Crippen MR) is 149 cm³/mol. The van der Waals surface area contributed by atoms with Gasteiger partial charge in [-0.2, -0.15) is 0 Å². The monoisotopic (exact) mass is 498 g/mol. The van der Waals surface area contributed by atoms with Gasteiger partial charge in [0.1, 0.15) is 12.0 Å². The molecule has 1 saturated carbocycles. The number of fused-ring (bicyclic) bond motifs is 2. The van der Waals surface area contributed by atoms with Gasteiger partial charge >= 0.3 is 0 Å². The van der Waals surface area contributed by atoms with Crippen molar-refractivity contribution in [1.82, 2.24) is 0 Å². The van der Waals surface area contributed by atoms with Crippen LogP contribution in [0.25, 0.3) is 0 Å². The summed E-state index contributed by atoms with van der Waals surface area (Å²) in [4.78, 5) is 26.6. The third-order valence-corrected chi connectivity index (χ3v) is 8.99. The summed E-state index contributed by atoms with van der Waals surface area (Å²) in [6.07, 6.45) is 10.2. The first-order valence-corrected chi connectivity index (χ1v) is 13.7. The molecule has 0 radical (unpaired) electrons.